The molecule has 0 N–H and O–H groups in total. The van der Waals surface area contributed by atoms with Crippen molar-refractivity contribution in [2.24, 2.45) is 13.0 Å². The maximum absolute atomic E-state index is 12.5. The molecule has 2 heterocycles. The van der Waals surface area contributed by atoms with Crippen LogP contribution < -0.4 is 4.90 Å². The molecule has 1 aromatic heterocycles. The molecule has 6 heteroatoms. The Labute approximate surface area is 165 Å². The second-order valence-electron chi connectivity index (χ2n) is 7.50. The molecule has 1 aliphatic heterocycles. The summed E-state index contributed by atoms with van der Waals surface area (Å²) in [5.74, 6) is -1.39. The van der Waals surface area contributed by atoms with E-state index in [1.807, 2.05) is 57.5 Å². The Bertz CT molecular complexity index is 958. The van der Waals surface area contributed by atoms with Gasteiger partial charge in [0, 0.05) is 42.7 Å². The van der Waals surface area contributed by atoms with Crippen LogP contribution in [0.4, 0.5) is 5.69 Å². The summed E-state index contributed by atoms with van der Waals surface area (Å²) < 4.78 is 7.18. The molecule has 1 aromatic carbocycles. The molecular formula is C22H26N2O4. The van der Waals surface area contributed by atoms with Gasteiger partial charge in [-0.3, -0.25) is 14.4 Å². The molecular weight excluding hydrogens is 356 g/mol. The van der Waals surface area contributed by atoms with Gasteiger partial charge in [0.25, 0.3) is 0 Å². The zero-order chi connectivity index (χ0) is 20.6. The number of rotatable bonds is 5. The van der Waals surface area contributed by atoms with E-state index in [0.717, 1.165) is 28.2 Å². The molecule has 3 rings (SSSR count). The van der Waals surface area contributed by atoms with Gasteiger partial charge >= 0.3 is 5.97 Å². The summed E-state index contributed by atoms with van der Waals surface area (Å²) in [6.45, 7) is 7.70. The van der Waals surface area contributed by atoms with E-state index >= 15 is 0 Å². The topological polar surface area (TPSA) is 68.6 Å². The third-order valence-corrected chi connectivity index (χ3v) is 5.75. The van der Waals surface area contributed by atoms with Crippen LogP contribution in [0.3, 0.4) is 0 Å². The summed E-state index contributed by atoms with van der Waals surface area (Å²) >= 11 is 0. The monoisotopic (exact) mass is 382 g/mol. The Morgan fingerprint density at radius 3 is 2.54 bits per heavy atom. The minimum Gasteiger partial charge on any atom is -0.457 e. The van der Waals surface area contributed by atoms with Gasteiger partial charge in [0.1, 0.15) is 0 Å². The van der Waals surface area contributed by atoms with Gasteiger partial charge in [0.05, 0.1) is 5.92 Å². The van der Waals surface area contributed by atoms with Gasteiger partial charge < -0.3 is 14.2 Å². The van der Waals surface area contributed by atoms with Crippen LogP contribution in [0.1, 0.15) is 39.3 Å². The first-order chi connectivity index (χ1) is 13.2. The Balaban J connectivity index is 1.64. The molecule has 1 fully saturated rings. The smallest absolute Gasteiger partial charge is 0.311 e. The van der Waals surface area contributed by atoms with Crippen LogP contribution in [0.2, 0.25) is 0 Å². The number of hydrogen-bond acceptors (Lipinski definition) is 4. The van der Waals surface area contributed by atoms with Crippen LogP contribution >= 0.6 is 0 Å². The van der Waals surface area contributed by atoms with E-state index < -0.39 is 11.9 Å². The van der Waals surface area contributed by atoms with E-state index in [1.165, 1.54) is 0 Å². The highest BCUT2D eigenvalue weighted by atomic mass is 16.5. The number of carbonyl (C=O) groups is 3. The minimum absolute atomic E-state index is 0.100. The second kappa shape index (κ2) is 7.62. The molecule has 0 saturated carbocycles. The summed E-state index contributed by atoms with van der Waals surface area (Å²) in [6, 6.07) is 7.58. The molecule has 0 bridgehead atoms. The highest BCUT2D eigenvalue weighted by molar-refractivity contribution is 6.01. The summed E-state index contributed by atoms with van der Waals surface area (Å²) in [6.07, 6.45) is 0.101. The van der Waals surface area contributed by atoms with E-state index in [9.17, 15) is 14.4 Å². The SMILES string of the molecule is Cc1cccc(N2C[C@H](C(=O)OCC(=O)c3cc(C)n(C)c3C)CC2=O)c1C. The van der Waals surface area contributed by atoms with E-state index in [1.54, 1.807) is 11.0 Å². The summed E-state index contributed by atoms with van der Waals surface area (Å²) in [4.78, 5) is 39.0. The number of Topliss-reactive ketones (excluding diaryl/α,β-unsaturated/α-hetero) is 1. The lowest BCUT2D eigenvalue weighted by Gasteiger charge is -2.20. The lowest BCUT2D eigenvalue weighted by Crippen LogP contribution is -2.28. The Kier molecular flexibility index (Phi) is 5.40. The van der Waals surface area contributed by atoms with Crippen molar-refractivity contribution >= 4 is 23.3 Å². The molecule has 1 amide bonds. The predicted octanol–water partition coefficient (Wildman–Crippen LogP) is 3.04. The summed E-state index contributed by atoms with van der Waals surface area (Å²) in [5, 5.41) is 0. The molecule has 0 aliphatic carbocycles. The highest BCUT2D eigenvalue weighted by Crippen LogP contribution is 2.30. The van der Waals surface area contributed by atoms with Crippen molar-refractivity contribution in [2.75, 3.05) is 18.1 Å². The van der Waals surface area contributed by atoms with Crippen molar-refractivity contribution in [2.45, 2.75) is 34.1 Å². The maximum Gasteiger partial charge on any atom is 0.311 e. The number of carbonyl (C=O) groups excluding carboxylic acids is 3. The number of anilines is 1. The number of aromatic nitrogens is 1. The van der Waals surface area contributed by atoms with E-state index in [2.05, 4.69) is 0 Å². The molecule has 1 atom stereocenters. The fourth-order valence-electron chi connectivity index (χ4n) is 3.60. The van der Waals surface area contributed by atoms with Crippen LogP contribution in [-0.2, 0) is 21.4 Å². The Morgan fingerprint density at radius 1 is 1.18 bits per heavy atom. The van der Waals surface area contributed by atoms with E-state index in [4.69, 9.17) is 4.74 Å². The van der Waals surface area contributed by atoms with Gasteiger partial charge in [-0.25, -0.2) is 0 Å². The standard InChI is InChI=1S/C22H26N2O4/c1-13-7-6-8-19(15(13)3)24-11-17(10-21(24)26)22(27)28-12-20(25)18-9-14(2)23(5)16(18)4/h6-9,17H,10-12H2,1-5H3/t17-/m1/s1. The molecule has 0 radical (unpaired) electrons. The number of nitrogens with zero attached hydrogens (tertiary/aromatic N) is 2. The zero-order valence-corrected chi connectivity index (χ0v) is 17.0. The number of benzene rings is 1. The Hall–Kier alpha value is -2.89. The van der Waals surface area contributed by atoms with Gasteiger partial charge in [-0.05, 0) is 51.0 Å². The normalized spacial score (nSPS) is 16.5. The van der Waals surface area contributed by atoms with Crippen LogP contribution in [0.25, 0.3) is 0 Å². The number of aryl methyl sites for hydroxylation is 2. The molecule has 2 aromatic rings. The fraction of sp³-hybridized carbons (Fsp3) is 0.409. The largest absolute Gasteiger partial charge is 0.457 e. The third kappa shape index (κ3) is 3.59. The first-order valence-electron chi connectivity index (χ1n) is 9.40. The van der Waals surface area contributed by atoms with Crippen molar-refractivity contribution < 1.29 is 19.1 Å². The number of amides is 1. The molecule has 28 heavy (non-hydrogen) atoms. The van der Waals surface area contributed by atoms with Crippen LogP contribution in [0.5, 0.6) is 0 Å². The molecule has 0 unspecified atom stereocenters. The number of ketones is 1. The van der Waals surface area contributed by atoms with E-state index in [-0.39, 0.29) is 31.3 Å². The van der Waals surface area contributed by atoms with Gasteiger partial charge in [-0.2, -0.15) is 0 Å². The predicted molar refractivity (Wildman–Crippen MR) is 107 cm³/mol. The van der Waals surface area contributed by atoms with Gasteiger partial charge in [0.15, 0.2) is 6.61 Å². The van der Waals surface area contributed by atoms with Crippen LogP contribution in [0, 0.1) is 33.6 Å². The first kappa shape index (κ1) is 19.9. The average Bonchev–Trinajstić information content (AvgIpc) is 3.17. The summed E-state index contributed by atoms with van der Waals surface area (Å²) in [5.41, 5.74) is 5.32. The van der Waals surface area contributed by atoms with E-state index in [0.29, 0.717) is 5.56 Å². The molecule has 6 nitrogen and oxygen atoms in total. The van der Waals surface area contributed by atoms with Crippen molar-refractivity contribution in [1.82, 2.24) is 4.57 Å². The number of hydrogen-bond donors (Lipinski definition) is 0. The molecule has 0 spiro atoms. The van der Waals surface area contributed by atoms with Crippen molar-refractivity contribution in [3.8, 4) is 0 Å². The minimum atomic E-state index is -0.557. The first-order valence-corrected chi connectivity index (χ1v) is 9.40. The van der Waals surface area contributed by atoms with Gasteiger partial charge in [-0.1, -0.05) is 12.1 Å². The van der Waals surface area contributed by atoms with Crippen molar-refractivity contribution in [1.29, 1.82) is 0 Å². The zero-order valence-electron chi connectivity index (χ0n) is 17.0. The summed E-state index contributed by atoms with van der Waals surface area (Å²) in [7, 11) is 1.89. The quantitative estimate of drug-likeness (QED) is 0.589. The van der Waals surface area contributed by atoms with Gasteiger partial charge in [0.2, 0.25) is 11.7 Å². The van der Waals surface area contributed by atoms with Crippen molar-refractivity contribution in [3.05, 3.63) is 52.3 Å². The van der Waals surface area contributed by atoms with Crippen LogP contribution in [-0.4, -0.2) is 35.4 Å². The molecule has 1 aliphatic rings. The lowest BCUT2D eigenvalue weighted by molar-refractivity contribution is -0.147. The highest BCUT2D eigenvalue weighted by Gasteiger charge is 2.37. The average molecular weight is 382 g/mol. The Morgan fingerprint density at radius 2 is 1.89 bits per heavy atom. The fourth-order valence-corrected chi connectivity index (χ4v) is 3.60. The third-order valence-electron chi connectivity index (χ3n) is 5.75. The van der Waals surface area contributed by atoms with Crippen LogP contribution in [0.15, 0.2) is 24.3 Å². The maximum atomic E-state index is 12.5. The molecule has 1 saturated heterocycles. The van der Waals surface area contributed by atoms with Gasteiger partial charge in [-0.15, -0.1) is 0 Å². The number of esters is 1. The second-order valence-corrected chi connectivity index (χ2v) is 7.50. The van der Waals surface area contributed by atoms with Crippen molar-refractivity contribution in [3.63, 3.8) is 0 Å². The lowest BCUT2D eigenvalue weighted by atomic mass is 10.1. The molecule has 148 valence electrons. The number of ether oxygens (including phenoxy) is 1.